The van der Waals surface area contributed by atoms with Gasteiger partial charge >= 0.3 is 0 Å². The van der Waals surface area contributed by atoms with Gasteiger partial charge in [-0.2, -0.15) is 0 Å². The molecule has 0 bridgehead atoms. The Hall–Kier alpha value is -1.95. The molecule has 25 heavy (non-hydrogen) atoms. The van der Waals surface area contributed by atoms with E-state index in [2.05, 4.69) is 24.2 Å². The van der Waals surface area contributed by atoms with Crippen molar-refractivity contribution >= 4 is 5.96 Å². The molecule has 6 heteroatoms. The first-order chi connectivity index (χ1) is 12.0. The smallest absolute Gasteiger partial charge is 0.188 e. The zero-order chi connectivity index (χ0) is 18.2. The lowest BCUT2D eigenvalue weighted by molar-refractivity contribution is -0.0504. The van der Waals surface area contributed by atoms with Gasteiger partial charge in [0.25, 0.3) is 0 Å². The highest BCUT2D eigenvalue weighted by Crippen LogP contribution is 2.28. The van der Waals surface area contributed by atoms with E-state index in [1.165, 1.54) is 6.42 Å². The number of hydrogen-bond acceptors (Lipinski definition) is 4. The van der Waals surface area contributed by atoms with Crippen LogP contribution in [0.25, 0.3) is 0 Å². The van der Waals surface area contributed by atoms with Crippen molar-refractivity contribution in [2.75, 3.05) is 27.4 Å². The van der Waals surface area contributed by atoms with E-state index in [1.807, 2.05) is 18.2 Å². The number of methoxy groups -OCH3 is 2. The summed E-state index contributed by atoms with van der Waals surface area (Å²) in [6.07, 6.45) is 2.57. The maximum atomic E-state index is 6.03. The van der Waals surface area contributed by atoms with Gasteiger partial charge < -0.3 is 25.3 Å². The third kappa shape index (κ3) is 5.53. The van der Waals surface area contributed by atoms with Crippen molar-refractivity contribution in [1.82, 2.24) is 5.32 Å². The van der Waals surface area contributed by atoms with Crippen LogP contribution in [-0.4, -0.2) is 39.4 Å². The van der Waals surface area contributed by atoms with Crippen LogP contribution in [0.5, 0.6) is 11.5 Å². The lowest BCUT2D eigenvalue weighted by Crippen LogP contribution is -2.43. The van der Waals surface area contributed by atoms with Crippen LogP contribution >= 0.6 is 0 Å². The molecule has 2 unspecified atom stereocenters. The summed E-state index contributed by atoms with van der Waals surface area (Å²) < 4.78 is 16.5. The quantitative estimate of drug-likeness (QED) is 0.584. The van der Waals surface area contributed by atoms with Crippen molar-refractivity contribution in [2.45, 2.75) is 39.3 Å². The Morgan fingerprint density at radius 1 is 1.32 bits per heavy atom. The number of aliphatic imine (C=N–C) groups is 1. The molecule has 0 saturated carbocycles. The van der Waals surface area contributed by atoms with Gasteiger partial charge in [-0.25, -0.2) is 4.99 Å². The molecule has 3 N–H and O–H groups in total. The molecule has 2 atom stereocenters. The fraction of sp³-hybridized carbons (Fsp3) is 0.632. The van der Waals surface area contributed by atoms with Crippen LogP contribution < -0.4 is 20.5 Å². The standard InChI is InChI=1S/C19H31N3O3/c1-13(2)18-15(6-5-9-25-18)12-22-19(20)21-11-14-7-8-16(23-3)17(10-14)24-4/h7-8,10,13,15,18H,5-6,9,11-12H2,1-4H3,(H3,20,21,22). The molecule has 0 amide bonds. The molecule has 0 radical (unpaired) electrons. The number of hydrogen-bond donors (Lipinski definition) is 2. The van der Waals surface area contributed by atoms with Gasteiger partial charge in [0.05, 0.1) is 26.9 Å². The summed E-state index contributed by atoms with van der Waals surface area (Å²) in [7, 11) is 3.25. The highest BCUT2D eigenvalue weighted by molar-refractivity contribution is 5.77. The number of nitrogens with zero attached hydrogens (tertiary/aromatic N) is 1. The van der Waals surface area contributed by atoms with Crippen molar-refractivity contribution in [3.63, 3.8) is 0 Å². The molecule has 1 heterocycles. The Bertz CT molecular complexity index is 575. The minimum Gasteiger partial charge on any atom is -0.493 e. The molecule has 0 spiro atoms. The van der Waals surface area contributed by atoms with Gasteiger partial charge in [0.1, 0.15) is 0 Å². The van der Waals surface area contributed by atoms with Gasteiger partial charge in [-0.3, -0.25) is 0 Å². The second-order valence-corrected chi connectivity index (χ2v) is 6.75. The SMILES string of the molecule is COc1ccc(CN=C(N)NCC2CCCOC2C(C)C)cc1OC. The number of guanidine groups is 1. The van der Waals surface area contributed by atoms with Gasteiger partial charge in [0, 0.05) is 19.1 Å². The van der Waals surface area contributed by atoms with Crippen LogP contribution in [0.1, 0.15) is 32.3 Å². The van der Waals surface area contributed by atoms with E-state index in [0.29, 0.717) is 41.9 Å². The largest absolute Gasteiger partial charge is 0.493 e. The Kier molecular flexibility index (Phi) is 7.37. The molecule has 2 rings (SSSR count). The second kappa shape index (κ2) is 9.51. The van der Waals surface area contributed by atoms with E-state index < -0.39 is 0 Å². The first kappa shape index (κ1) is 19.4. The molecular formula is C19H31N3O3. The van der Waals surface area contributed by atoms with E-state index in [9.17, 15) is 0 Å². The molecule has 6 nitrogen and oxygen atoms in total. The number of ether oxygens (including phenoxy) is 3. The molecule has 0 aromatic heterocycles. The predicted octanol–water partition coefficient (Wildman–Crippen LogP) is 2.56. The molecular weight excluding hydrogens is 318 g/mol. The van der Waals surface area contributed by atoms with Gasteiger partial charge in [0.2, 0.25) is 0 Å². The van der Waals surface area contributed by atoms with Gasteiger partial charge in [-0.15, -0.1) is 0 Å². The minimum atomic E-state index is 0.292. The summed E-state index contributed by atoms with van der Waals surface area (Å²) in [5.41, 5.74) is 7.05. The highest BCUT2D eigenvalue weighted by atomic mass is 16.5. The van der Waals surface area contributed by atoms with Crippen molar-refractivity contribution in [3.05, 3.63) is 23.8 Å². The molecule has 0 aliphatic carbocycles. The number of nitrogens with two attached hydrogens (primary N) is 1. The van der Waals surface area contributed by atoms with Crippen LogP contribution in [0, 0.1) is 11.8 Å². The van der Waals surface area contributed by atoms with Gasteiger partial charge in [-0.1, -0.05) is 19.9 Å². The van der Waals surface area contributed by atoms with Crippen LogP contribution in [-0.2, 0) is 11.3 Å². The summed E-state index contributed by atoms with van der Waals surface area (Å²) >= 11 is 0. The van der Waals surface area contributed by atoms with Crippen LogP contribution in [0.2, 0.25) is 0 Å². The average Bonchev–Trinajstić information content (AvgIpc) is 2.64. The summed E-state index contributed by atoms with van der Waals surface area (Å²) in [4.78, 5) is 4.43. The molecule has 1 aliphatic heterocycles. The predicted molar refractivity (Wildman–Crippen MR) is 100 cm³/mol. The van der Waals surface area contributed by atoms with Gasteiger partial charge in [-0.05, 0) is 36.5 Å². The van der Waals surface area contributed by atoms with Crippen LogP contribution in [0.15, 0.2) is 23.2 Å². The second-order valence-electron chi connectivity index (χ2n) is 6.75. The Labute approximate surface area is 150 Å². The summed E-state index contributed by atoms with van der Waals surface area (Å²) in [5, 5.41) is 3.25. The van der Waals surface area contributed by atoms with E-state index >= 15 is 0 Å². The van der Waals surface area contributed by atoms with Crippen molar-refractivity contribution in [3.8, 4) is 11.5 Å². The van der Waals surface area contributed by atoms with Gasteiger partial charge in [0.15, 0.2) is 17.5 Å². The lowest BCUT2D eigenvalue weighted by atomic mass is 9.87. The number of rotatable bonds is 7. The topological polar surface area (TPSA) is 78.1 Å². The Balaban J connectivity index is 1.89. The van der Waals surface area contributed by atoms with Crippen LogP contribution in [0.4, 0.5) is 0 Å². The zero-order valence-corrected chi connectivity index (χ0v) is 15.7. The lowest BCUT2D eigenvalue weighted by Gasteiger charge is -2.34. The van der Waals surface area contributed by atoms with E-state index in [-0.39, 0.29) is 0 Å². The Morgan fingerprint density at radius 2 is 2.08 bits per heavy atom. The van der Waals surface area contributed by atoms with Crippen molar-refractivity contribution < 1.29 is 14.2 Å². The van der Waals surface area contributed by atoms with E-state index in [4.69, 9.17) is 19.9 Å². The summed E-state index contributed by atoms with van der Waals surface area (Å²) in [5.74, 6) is 2.85. The maximum Gasteiger partial charge on any atom is 0.188 e. The number of benzene rings is 1. The Morgan fingerprint density at radius 3 is 2.76 bits per heavy atom. The maximum absolute atomic E-state index is 6.03. The third-order valence-corrected chi connectivity index (χ3v) is 4.58. The normalized spacial score (nSPS) is 21.2. The number of nitrogens with one attached hydrogen (secondary N) is 1. The third-order valence-electron chi connectivity index (χ3n) is 4.58. The molecule has 1 aromatic rings. The van der Waals surface area contributed by atoms with E-state index in [1.54, 1.807) is 14.2 Å². The molecule has 140 valence electrons. The minimum absolute atomic E-state index is 0.292. The molecule has 1 aliphatic rings. The van der Waals surface area contributed by atoms with Crippen molar-refractivity contribution in [1.29, 1.82) is 0 Å². The molecule has 1 aromatic carbocycles. The van der Waals surface area contributed by atoms with E-state index in [0.717, 1.165) is 25.1 Å². The van der Waals surface area contributed by atoms with Crippen LogP contribution in [0.3, 0.4) is 0 Å². The van der Waals surface area contributed by atoms with Crippen molar-refractivity contribution in [2.24, 2.45) is 22.6 Å². The highest BCUT2D eigenvalue weighted by Gasteiger charge is 2.28. The first-order valence-corrected chi connectivity index (χ1v) is 8.91. The summed E-state index contributed by atoms with van der Waals surface area (Å²) in [6, 6.07) is 5.75. The monoisotopic (exact) mass is 349 g/mol. The zero-order valence-electron chi connectivity index (χ0n) is 15.7. The fourth-order valence-corrected chi connectivity index (χ4v) is 3.27. The molecule has 1 fully saturated rings. The first-order valence-electron chi connectivity index (χ1n) is 8.91. The summed E-state index contributed by atoms with van der Waals surface area (Å²) in [6.45, 7) is 6.56. The molecule has 1 saturated heterocycles. The fourth-order valence-electron chi connectivity index (χ4n) is 3.27. The average molecular weight is 349 g/mol.